The lowest BCUT2D eigenvalue weighted by molar-refractivity contribution is -0.122. The Bertz CT molecular complexity index is 492. The molecule has 0 saturated heterocycles. The second-order valence-corrected chi connectivity index (χ2v) is 6.58. The molecule has 0 saturated carbocycles. The van der Waals surface area contributed by atoms with Crippen LogP contribution in [0.25, 0.3) is 0 Å². The van der Waals surface area contributed by atoms with Gasteiger partial charge in [-0.1, -0.05) is 15.9 Å². The summed E-state index contributed by atoms with van der Waals surface area (Å²) in [4.78, 5) is 12.0. The van der Waals surface area contributed by atoms with Crippen LogP contribution >= 0.6 is 15.9 Å². The van der Waals surface area contributed by atoms with E-state index in [-0.39, 0.29) is 11.8 Å². The van der Waals surface area contributed by atoms with Crippen molar-refractivity contribution in [2.24, 2.45) is 0 Å². The Labute approximate surface area is 117 Å². The zero-order valence-electron chi connectivity index (χ0n) is 9.94. The standard InChI is InChI=1S/C12H14BrNO3S/c1-18(16)5-4-14-12(15)10-7-17-11-3-2-8(13)6-9(10)11/h2-3,6,10H,4-5,7H2,1H3,(H,14,15)/t10-,18+/m1/s1. The molecule has 1 aliphatic rings. The van der Waals surface area contributed by atoms with E-state index in [1.807, 2.05) is 18.2 Å². The first-order chi connectivity index (χ1) is 8.58. The predicted molar refractivity (Wildman–Crippen MR) is 74.3 cm³/mol. The molecule has 98 valence electrons. The summed E-state index contributed by atoms with van der Waals surface area (Å²) in [6.45, 7) is 0.800. The van der Waals surface area contributed by atoms with Gasteiger partial charge in [0.05, 0.1) is 0 Å². The number of carbonyl (C=O) groups excluding carboxylic acids is 1. The van der Waals surface area contributed by atoms with Crippen LogP contribution in [0.4, 0.5) is 0 Å². The minimum absolute atomic E-state index is 0.0719. The van der Waals surface area contributed by atoms with E-state index in [1.54, 1.807) is 6.26 Å². The van der Waals surface area contributed by atoms with E-state index >= 15 is 0 Å². The van der Waals surface area contributed by atoms with Crippen molar-refractivity contribution in [3.05, 3.63) is 28.2 Å². The molecular weight excluding hydrogens is 318 g/mol. The minimum atomic E-state index is -0.886. The third-order valence-corrected chi connectivity index (χ3v) is 4.03. The highest BCUT2D eigenvalue weighted by Gasteiger charge is 2.30. The van der Waals surface area contributed by atoms with Gasteiger partial charge in [0.15, 0.2) is 0 Å². The fraction of sp³-hybridized carbons (Fsp3) is 0.417. The lowest BCUT2D eigenvalue weighted by Gasteiger charge is -2.09. The van der Waals surface area contributed by atoms with E-state index in [9.17, 15) is 9.00 Å². The van der Waals surface area contributed by atoms with Crippen molar-refractivity contribution in [1.82, 2.24) is 5.32 Å². The fourth-order valence-corrected chi connectivity index (χ4v) is 2.61. The van der Waals surface area contributed by atoms with Crippen LogP contribution in [0.3, 0.4) is 0 Å². The molecule has 6 heteroatoms. The molecule has 2 atom stereocenters. The molecule has 0 aliphatic carbocycles. The molecule has 0 unspecified atom stereocenters. The van der Waals surface area contributed by atoms with E-state index < -0.39 is 10.8 Å². The van der Waals surface area contributed by atoms with Gasteiger partial charge in [-0.3, -0.25) is 9.00 Å². The number of fused-ring (bicyclic) bond motifs is 1. The number of halogens is 1. The summed E-state index contributed by atoms with van der Waals surface area (Å²) in [6, 6.07) is 5.65. The summed E-state index contributed by atoms with van der Waals surface area (Å²) in [5, 5.41) is 2.79. The smallest absolute Gasteiger partial charge is 0.231 e. The molecule has 1 aromatic carbocycles. The molecule has 1 N–H and O–H groups in total. The van der Waals surface area contributed by atoms with Gasteiger partial charge in [0.1, 0.15) is 18.3 Å². The van der Waals surface area contributed by atoms with Crippen molar-refractivity contribution in [3.63, 3.8) is 0 Å². The summed E-state index contributed by atoms with van der Waals surface area (Å²) >= 11 is 3.39. The van der Waals surface area contributed by atoms with E-state index in [4.69, 9.17) is 4.74 Å². The summed E-state index contributed by atoms with van der Waals surface area (Å²) in [7, 11) is -0.886. The van der Waals surface area contributed by atoms with Gasteiger partial charge < -0.3 is 10.1 Å². The maximum Gasteiger partial charge on any atom is 0.231 e. The summed E-state index contributed by atoms with van der Waals surface area (Å²) in [5.74, 6) is 0.891. The van der Waals surface area contributed by atoms with E-state index in [2.05, 4.69) is 21.2 Å². The number of amides is 1. The van der Waals surface area contributed by atoms with Crippen molar-refractivity contribution in [2.45, 2.75) is 5.92 Å². The average molecular weight is 332 g/mol. The SMILES string of the molecule is C[S@](=O)CCNC(=O)[C@@H]1COc2ccc(Br)cc21. The van der Waals surface area contributed by atoms with Gasteiger partial charge in [-0.2, -0.15) is 0 Å². The molecule has 1 aliphatic heterocycles. The zero-order chi connectivity index (χ0) is 13.1. The zero-order valence-corrected chi connectivity index (χ0v) is 12.3. The van der Waals surface area contributed by atoms with Crippen LogP contribution in [0.5, 0.6) is 5.75 Å². The highest BCUT2D eigenvalue weighted by atomic mass is 79.9. The Balaban J connectivity index is 2.02. The van der Waals surface area contributed by atoms with Crippen LogP contribution in [0, 0.1) is 0 Å². The van der Waals surface area contributed by atoms with Gasteiger partial charge in [-0.25, -0.2) is 0 Å². The van der Waals surface area contributed by atoms with Crippen LogP contribution in [-0.2, 0) is 15.6 Å². The second-order valence-electron chi connectivity index (χ2n) is 4.11. The molecule has 0 aromatic heterocycles. The summed E-state index contributed by atoms with van der Waals surface area (Å²) in [6.07, 6.45) is 1.62. The minimum Gasteiger partial charge on any atom is -0.492 e. The second kappa shape index (κ2) is 5.84. The van der Waals surface area contributed by atoms with Gasteiger partial charge in [0.2, 0.25) is 5.91 Å². The van der Waals surface area contributed by atoms with Crippen LogP contribution in [0.15, 0.2) is 22.7 Å². The molecule has 0 bridgehead atoms. The summed E-state index contributed by atoms with van der Waals surface area (Å²) in [5.41, 5.74) is 0.902. The van der Waals surface area contributed by atoms with Crippen LogP contribution in [0.1, 0.15) is 11.5 Å². The Morgan fingerprint density at radius 3 is 3.11 bits per heavy atom. The third kappa shape index (κ3) is 3.11. The highest BCUT2D eigenvalue weighted by molar-refractivity contribution is 9.10. The Kier molecular flexibility index (Phi) is 4.40. The highest BCUT2D eigenvalue weighted by Crippen LogP contribution is 2.35. The van der Waals surface area contributed by atoms with Crippen LogP contribution < -0.4 is 10.1 Å². The number of ether oxygens (including phenoxy) is 1. The first-order valence-corrected chi connectivity index (χ1v) is 8.10. The average Bonchev–Trinajstić information content (AvgIpc) is 2.71. The molecule has 1 aromatic rings. The lowest BCUT2D eigenvalue weighted by atomic mass is 10.0. The summed E-state index contributed by atoms with van der Waals surface area (Å²) < 4.78 is 17.3. The Morgan fingerprint density at radius 1 is 1.61 bits per heavy atom. The Morgan fingerprint density at radius 2 is 2.39 bits per heavy atom. The lowest BCUT2D eigenvalue weighted by Crippen LogP contribution is -2.32. The van der Waals surface area contributed by atoms with Crippen molar-refractivity contribution in [1.29, 1.82) is 0 Å². The number of benzene rings is 1. The van der Waals surface area contributed by atoms with E-state index in [0.29, 0.717) is 18.9 Å². The first kappa shape index (κ1) is 13.5. The predicted octanol–water partition coefficient (Wildman–Crippen LogP) is 1.42. The molecule has 0 fully saturated rings. The maximum absolute atomic E-state index is 12.0. The molecule has 2 rings (SSSR count). The van der Waals surface area contributed by atoms with Crippen molar-refractivity contribution in [3.8, 4) is 5.75 Å². The van der Waals surface area contributed by atoms with Gasteiger partial charge in [0, 0.05) is 39.4 Å². The largest absolute Gasteiger partial charge is 0.492 e. The van der Waals surface area contributed by atoms with E-state index in [1.165, 1.54) is 0 Å². The number of hydrogen-bond donors (Lipinski definition) is 1. The number of nitrogens with one attached hydrogen (secondary N) is 1. The van der Waals surface area contributed by atoms with Gasteiger partial charge in [0.25, 0.3) is 0 Å². The number of carbonyl (C=O) groups is 1. The Hall–Kier alpha value is -0.880. The first-order valence-electron chi connectivity index (χ1n) is 5.58. The topological polar surface area (TPSA) is 55.4 Å². The molecular formula is C12H14BrNO3S. The molecule has 0 spiro atoms. The molecule has 18 heavy (non-hydrogen) atoms. The molecule has 4 nitrogen and oxygen atoms in total. The normalized spacial score (nSPS) is 18.9. The monoisotopic (exact) mass is 331 g/mol. The van der Waals surface area contributed by atoms with Crippen molar-refractivity contribution < 1.29 is 13.7 Å². The number of rotatable bonds is 4. The van der Waals surface area contributed by atoms with Crippen molar-refractivity contribution in [2.75, 3.05) is 25.2 Å². The third-order valence-electron chi connectivity index (χ3n) is 2.76. The van der Waals surface area contributed by atoms with Gasteiger partial charge in [-0.05, 0) is 18.2 Å². The van der Waals surface area contributed by atoms with Gasteiger partial charge in [-0.15, -0.1) is 0 Å². The maximum atomic E-state index is 12.0. The fourth-order valence-electron chi connectivity index (χ4n) is 1.84. The van der Waals surface area contributed by atoms with Crippen LogP contribution in [0.2, 0.25) is 0 Å². The molecule has 1 heterocycles. The molecule has 1 amide bonds. The van der Waals surface area contributed by atoms with Gasteiger partial charge >= 0.3 is 0 Å². The molecule has 0 radical (unpaired) electrons. The quantitative estimate of drug-likeness (QED) is 0.907. The van der Waals surface area contributed by atoms with E-state index in [0.717, 1.165) is 15.8 Å². The van der Waals surface area contributed by atoms with Crippen LogP contribution in [-0.4, -0.2) is 35.3 Å². The number of hydrogen-bond acceptors (Lipinski definition) is 3. The van der Waals surface area contributed by atoms with Crippen molar-refractivity contribution >= 4 is 32.6 Å².